The van der Waals surface area contributed by atoms with Gasteiger partial charge in [-0.25, -0.2) is 13.8 Å². The van der Waals surface area contributed by atoms with Crippen molar-refractivity contribution in [3.05, 3.63) is 28.8 Å². The topological polar surface area (TPSA) is 63.0 Å². The summed E-state index contributed by atoms with van der Waals surface area (Å²) in [6.45, 7) is 0. The Morgan fingerprint density at radius 2 is 2.29 bits per heavy atom. The highest BCUT2D eigenvalue weighted by molar-refractivity contribution is 5.73. The lowest BCUT2D eigenvalue weighted by Gasteiger charge is -2.08. The molecule has 0 spiro atoms. The Kier molecular flexibility index (Phi) is 4.04. The van der Waals surface area contributed by atoms with Crippen LogP contribution in [-0.2, 0) is 16.0 Å². The van der Waals surface area contributed by atoms with Gasteiger partial charge in [-0.1, -0.05) is 0 Å². The van der Waals surface area contributed by atoms with Crippen LogP contribution < -0.4 is 0 Å². The first kappa shape index (κ1) is 13.0. The highest BCUT2D eigenvalue weighted by Gasteiger charge is 2.22. The third-order valence-electron chi connectivity index (χ3n) is 2.00. The Morgan fingerprint density at radius 3 is 2.76 bits per heavy atom. The molecule has 0 saturated heterocycles. The number of carbonyl (C=O) groups is 1. The zero-order valence-corrected chi connectivity index (χ0v) is 8.71. The van der Waals surface area contributed by atoms with Crippen LogP contribution in [0.15, 0.2) is 6.07 Å². The van der Waals surface area contributed by atoms with Gasteiger partial charge >= 0.3 is 5.97 Å². The van der Waals surface area contributed by atoms with Crippen molar-refractivity contribution < 1.29 is 22.7 Å². The van der Waals surface area contributed by atoms with E-state index in [0.29, 0.717) is 6.07 Å². The van der Waals surface area contributed by atoms with Crippen molar-refractivity contribution >= 4 is 5.97 Å². The number of carbonyl (C=O) groups excluding carboxylic acids is 1. The molecule has 0 aliphatic rings. The Bertz CT molecular complexity index is 483. The van der Waals surface area contributed by atoms with E-state index in [1.165, 1.54) is 0 Å². The summed E-state index contributed by atoms with van der Waals surface area (Å²) in [4.78, 5) is 14.0. The lowest BCUT2D eigenvalue weighted by molar-refractivity contribution is -0.139. The van der Waals surface area contributed by atoms with Gasteiger partial charge in [-0.05, 0) is 0 Å². The summed E-state index contributed by atoms with van der Waals surface area (Å²) >= 11 is 0. The number of aromatic nitrogens is 1. The van der Waals surface area contributed by atoms with E-state index < -0.39 is 30.5 Å². The number of halogens is 3. The molecule has 90 valence electrons. The molecule has 1 rings (SSSR count). The van der Waals surface area contributed by atoms with E-state index in [2.05, 4.69) is 9.72 Å². The molecule has 1 heterocycles. The summed E-state index contributed by atoms with van der Waals surface area (Å²) in [6.07, 6.45) is -3.62. The van der Waals surface area contributed by atoms with Gasteiger partial charge in [-0.2, -0.15) is 9.65 Å². The summed E-state index contributed by atoms with van der Waals surface area (Å²) < 4.78 is 42.3. The van der Waals surface area contributed by atoms with Gasteiger partial charge in [0.15, 0.2) is 0 Å². The van der Waals surface area contributed by atoms with Crippen LogP contribution in [0.25, 0.3) is 0 Å². The SMILES string of the molecule is COC(=O)Cc1c(C#N)cc(F)nc1C(F)F. The van der Waals surface area contributed by atoms with Crippen LogP contribution in [0.4, 0.5) is 13.2 Å². The van der Waals surface area contributed by atoms with E-state index in [4.69, 9.17) is 5.26 Å². The molecule has 0 bridgehead atoms. The van der Waals surface area contributed by atoms with Gasteiger partial charge in [0.25, 0.3) is 6.43 Å². The minimum absolute atomic E-state index is 0.309. The molecule has 0 N–H and O–H groups in total. The molecular weight excluding hydrogens is 237 g/mol. The number of hydrogen-bond donors (Lipinski definition) is 0. The second kappa shape index (κ2) is 5.30. The van der Waals surface area contributed by atoms with E-state index in [1.54, 1.807) is 6.07 Å². The predicted molar refractivity (Wildman–Crippen MR) is 49.6 cm³/mol. The number of methoxy groups -OCH3 is 1. The first-order valence-electron chi connectivity index (χ1n) is 4.44. The fourth-order valence-corrected chi connectivity index (χ4v) is 1.24. The van der Waals surface area contributed by atoms with Gasteiger partial charge in [0.05, 0.1) is 25.2 Å². The molecular formula is C10H7F3N2O2. The van der Waals surface area contributed by atoms with Crippen molar-refractivity contribution in [1.29, 1.82) is 5.26 Å². The Balaban J connectivity index is 3.33. The van der Waals surface area contributed by atoms with Crippen molar-refractivity contribution in [3.8, 4) is 6.07 Å². The summed E-state index contributed by atoms with van der Waals surface area (Å²) in [5.74, 6) is -2.00. The fraction of sp³-hybridized carbons (Fsp3) is 0.300. The maximum absolute atomic E-state index is 12.9. The molecule has 7 heteroatoms. The monoisotopic (exact) mass is 244 g/mol. The smallest absolute Gasteiger partial charge is 0.310 e. The molecule has 0 unspecified atom stereocenters. The van der Waals surface area contributed by atoms with E-state index in [9.17, 15) is 18.0 Å². The molecule has 1 aromatic rings. The summed E-state index contributed by atoms with van der Waals surface area (Å²) in [5, 5.41) is 8.69. The predicted octanol–water partition coefficient (Wildman–Crippen LogP) is 1.75. The van der Waals surface area contributed by atoms with Crippen molar-refractivity contribution in [2.45, 2.75) is 12.8 Å². The first-order chi connectivity index (χ1) is 7.99. The van der Waals surface area contributed by atoms with Crippen LogP contribution in [0.2, 0.25) is 0 Å². The molecule has 4 nitrogen and oxygen atoms in total. The maximum atomic E-state index is 12.9. The highest BCUT2D eigenvalue weighted by Crippen LogP contribution is 2.24. The van der Waals surface area contributed by atoms with E-state index >= 15 is 0 Å². The van der Waals surface area contributed by atoms with Crippen molar-refractivity contribution in [2.75, 3.05) is 7.11 Å². The number of ether oxygens (including phenoxy) is 1. The van der Waals surface area contributed by atoms with Crippen LogP contribution in [0, 0.1) is 17.3 Å². The number of nitriles is 1. The van der Waals surface area contributed by atoms with Gasteiger partial charge in [0.2, 0.25) is 5.95 Å². The highest BCUT2D eigenvalue weighted by atomic mass is 19.3. The molecule has 0 aliphatic carbocycles. The van der Waals surface area contributed by atoms with E-state index in [0.717, 1.165) is 7.11 Å². The number of esters is 1. The molecule has 0 fully saturated rings. The fourth-order valence-electron chi connectivity index (χ4n) is 1.24. The molecule has 0 aromatic carbocycles. The summed E-state index contributed by atoms with van der Waals surface area (Å²) in [7, 11) is 1.08. The number of pyridine rings is 1. The largest absolute Gasteiger partial charge is 0.469 e. The number of rotatable bonds is 3. The van der Waals surface area contributed by atoms with E-state index in [-0.39, 0.29) is 11.1 Å². The molecule has 0 amide bonds. The van der Waals surface area contributed by atoms with Gasteiger partial charge in [-0.3, -0.25) is 4.79 Å². The third-order valence-corrected chi connectivity index (χ3v) is 2.00. The Morgan fingerprint density at radius 1 is 1.65 bits per heavy atom. The Hall–Kier alpha value is -2.10. The maximum Gasteiger partial charge on any atom is 0.310 e. The zero-order chi connectivity index (χ0) is 13.0. The minimum Gasteiger partial charge on any atom is -0.469 e. The minimum atomic E-state index is -3.07. The van der Waals surface area contributed by atoms with Crippen LogP contribution >= 0.6 is 0 Å². The molecule has 0 saturated carbocycles. The summed E-state index contributed by atoms with van der Waals surface area (Å²) in [5.41, 5.74) is -1.57. The van der Waals surface area contributed by atoms with Crippen molar-refractivity contribution in [1.82, 2.24) is 4.98 Å². The number of hydrogen-bond acceptors (Lipinski definition) is 4. The molecule has 0 aliphatic heterocycles. The second-order valence-electron chi connectivity index (χ2n) is 3.02. The lowest BCUT2D eigenvalue weighted by atomic mass is 10.0. The average Bonchev–Trinajstić information content (AvgIpc) is 2.30. The van der Waals surface area contributed by atoms with Crippen molar-refractivity contribution in [3.63, 3.8) is 0 Å². The quantitative estimate of drug-likeness (QED) is 0.600. The zero-order valence-electron chi connectivity index (χ0n) is 8.71. The van der Waals surface area contributed by atoms with Gasteiger partial charge in [0.1, 0.15) is 5.69 Å². The number of alkyl halides is 2. The van der Waals surface area contributed by atoms with Gasteiger partial charge < -0.3 is 4.74 Å². The van der Waals surface area contributed by atoms with E-state index in [1.807, 2.05) is 0 Å². The lowest BCUT2D eigenvalue weighted by Crippen LogP contribution is -2.11. The van der Waals surface area contributed by atoms with Crippen molar-refractivity contribution in [2.24, 2.45) is 0 Å². The first-order valence-corrected chi connectivity index (χ1v) is 4.44. The van der Waals surface area contributed by atoms with Gasteiger partial charge in [0, 0.05) is 11.6 Å². The molecule has 0 atom stereocenters. The van der Waals surface area contributed by atoms with Crippen LogP contribution in [-0.4, -0.2) is 18.1 Å². The normalized spacial score (nSPS) is 10.1. The Labute approximate surface area is 94.6 Å². The molecule has 1 aromatic heterocycles. The molecule has 0 radical (unpaired) electrons. The standard InChI is InChI=1S/C10H7F3N2O2/c1-17-8(16)3-6-5(4-14)2-7(11)15-9(6)10(12)13/h2,10H,3H2,1H3. The van der Waals surface area contributed by atoms with Crippen LogP contribution in [0.3, 0.4) is 0 Å². The second-order valence-corrected chi connectivity index (χ2v) is 3.02. The third kappa shape index (κ3) is 2.93. The van der Waals surface area contributed by atoms with Gasteiger partial charge in [-0.15, -0.1) is 0 Å². The number of nitrogens with zero attached hydrogens (tertiary/aromatic N) is 2. The average molecular weight is 244 g/mol. The van der Waals surface area contributed by atoms with Crippen LogP contribution in [0.5, 0.6) is 0 Å². The summed E-state index contributed by atoms with van der Waals surface area (Å²) in [6, 6.07) is 2.24. The molecule has 17 heavy (non-hydrogen) atoms. The van der Waals surface area contributed by atoms with Crippen LogP contribution in [0.1, 0.15) is 23.2 Å².